The molecule has 22 aromatic rings. The van der Waals surface area contributed by atoms with Gasteiger partial charge in [0.15, 0.2) is 0 Å². The van der Waals surface area contributed by atoms with Crippen LogP contribution < -0.4 is 0 Å². The Balaban J connectivity index is 0.0000102. The zero-order valence-corrected chi connectivity index (χ0v) is 76.5. The maximum atomic E-state index is 5.09. The Morgan fingerprint density at radius 3 is 0.646 bits per heavy atom. The van der Waals surface area contributed by atoms with Gasteiger partial charge in [-0.2, -0.15) is 0 Å². The molecular formula is C123H93IrN6. The molecule has 0 aliphatic carbocycles. The van der Waals surface area contributed by atoms with E-state index < -0.39 is 0 Å². The molecule has 130 heavy (non-hydrogen) atoms. The van der Waals surface area contributed by atoms with Gasteiger partial charge in [0.1, 0.15) is 0 Å². The summed E-state index contributed by atoms with van der Waals surface area (Å²) in [7, 11) is 0. The Hall–Kier alpha value is -15.0. The first kappa shape index (κ1) is 82.0. The second kappa shape index (κ2) is 33.0. The van der Waals surface area contributed by atoms with Crippen molar-refractivity contribution in [1.29, 1.82) is 0 Å². The van der Waals surface area contributed by atoms with Crippen molar-refractivity contribution in [2.24, 2.45) is 0 Å². The van der Waals surface area contributed by atoms with E-state index in [4.69, 9.17) is 15.0 Å². The Morgan fingerprint density at radius 1 is 0.200 bits per heavy atom. The summed E-state index contributed by atoms with van der Waals surface area (Å²) in [5.74, 6) is 0. The second-order valence-corrected chi connectivity index (χ2v) is 37.2. The number of hydrogen-bond donors (Lipinski definition) is 0. The SMILES string of the molecule is CC(C)(C)c1ccnc(-c2[c-]cc(-c3ccccc3-c3cc(-c4ccccc4-c4c[c-]c(-c5cc(C(C)(C)C)ccn5)cc4-c4ccc(-n5c6ccccc6c6ccccc65)cc4)cc(-c4ccccc4-c4c[c-]c(-c5cc(C(C)(C)C)ccn5)cc4-c4ccc(-n5c6ccccc6c6ccccc65)cc4)c3)c(-c3ccc(-n4c5ccccc5c5ccccc54)cc3)c2)c1.[Ir+3]. The van der Waals surface area contributed by atoms with Crippen molar-refractivity contribution >= 4 is 65.4 Å². The first-order valence-electron chi connectivity index (χ1n) is 44.7. The number of aromatic nitrogens is 6. The predicted octanol–water partition coefficient (Wildman–Crippen LogP) is 32.5. The molecule has 0 amide bonds. The smallest absolute Gasteiger partial charge is 0.309 e. The number of fused-ring (bicyclic) bond motifs is 9. The van der Waals surface area contributed by atoms with Crippen LogP contribution in [-0.4, -0.2) is 28.7 Å². The van der Waals surface area contributed by atoms with Gasteiger partial charge in [0.25, 0.3) is 0 Å². The van der Waals surface area contributed by atoms with E-state index in [9.17, 15) is 0 Å². The molecule has 0 saturated carbocycles. The average molecular weight is 1850 g/mol. The summed E-state index contributed by atoms with van der Waals surface area (Å²) in [4.78, 5) is 15.3. The topological polar surface area (TPSA) is 53.5 Å². The van der Waals surface area contributed by atoms with Gasteiger partial charge in [-0.1, -0.05) is 349 Å². The summed E-state index contributed by atoms with van der Waals surface area (Å²) in [5, 5.41) is 7.34. The van der Waals surface area contributed by atoms with Gasteiger partial charge in [0, 0.05) is 68.0 Å². The number of pyridine rings is 3. The Kier molecular flexibility index (Phi) is 20.8. The number of benzene rings is 16. The Labute approximate surface area is 773 Å². The molecule has 6 nitrogen and oxygen atoms in total. The molecular weight excluding hydrogens is 1750 g/mol. The summed E-state index contributed by atoms with van der Waals surface area (Å²) in [5.41, 5.74) is 37.9. The van der Waals surface area contributed by atoms with Gasteiger partial charge in [-0.05, 0) is 209 Å². The molecule has 624 valence electrons. The first-order chi connectivity index (χ1) is 62.9. The molecule has 22 rings (SSSR count). The molecule has 6 heterocycles. The van der Waals surface area contributed by atoms with Crippen LogP contribution in [0.25, 0.3) is 216 Å². The van der Waals surface area contributed by atoms with Gasteiger partial charge >= 0.3 is 20.1 Å². The number of rotatable bonds is 15. The van der Waals surface area contributed by atoms with Crippen LogP contribution in [0, 0.1) is 18.2 Å². The van der Waals surface area contributed by atoms with E-state index in [1.54, 1.807) is 0 Å². The fourth-order valence-corrected chi connectivity index (χ4v) is 19.4. The molecule has 6 aromatic heterocycles. The average Bonchev–Trinajstić information content (AvgIpc) is 1.71. The van der Waals surface area contributed by atoms with E-state index >= 15 is 0 Å². The summed E-state index contributed by atoms with van der Waals surface area (Å²) in [6.45, 7) is 20.3. The fourth-order valence-electron chi connectivity index (χ4n) is 19.4. The molecule has 16 aromatic carbocycles. The van der Waals surface area contributed by atoms with Crippen molar-refractivity contribution in [3.8, 4) is 151 Å². The fraction of sp³-hybridized carbons (Fsp3) is 0.0976. The zero-order chi connectivity index (χ0) is 87.4. The van der Waals surface area contributed by atoms with E-state index in [1.165, 1.54) is 49.0 Å². The van der Waals surface area contributed by atoms with Gasteiger partial charge in [-0.3, -0.25) is 0 Å². The summed E-state index contributed by atoms with van der Waals surface area (Å²) >= 11 is 0. The molecule has 7 heteroatoms. The molecule has 0 radical (unpaired) electrons. The molecule has 0 N–H and O–H groups in total. The van der Waals surface area contributed by atoms with Crippen molar-refractivity contribution in [2.45, 2.75) is 78.6 Å². The Morgan fingerprint density at radius 2 is 0.415 bits per heavy atom. The third-order valence-electron chi connectivity index (χ3n) is 26.1. The van der Waals surface area contributed by atoms with E-state index in [1.807, 2.05) is 18.6 Å². The summed E-state index contributed by atoms with van der Waals surface area (Å²) in [6.07, 6.45) is 5.84. The summed E-state index contributed by atoms with van der Waals surface area (Å²) in [6, 6.07) is 152. The minimum absolute atomic E-state index is 0. The molecule has 0 spiro atoms. The largest absolute Gasteiger partial charge is 3.00 e. The second-order valence-electron chi connectivity index (χ2n) is 37.2. The van der Waals surface area contributed by atoms with Crippen LogP contribution in [0.5, 0.6) is 0 Å². The number of hydrogen-bond acceptors (Lipinski definition) is 3. The van der Waals surface area contributed by atoms with Gasteiger partial charge < -0.3 is 28.7 Å². The van der Waals surface area contributed by atoms with Crippen LogP contribution in [-0.2, 0) is 36.4 Å². The third kappa shape index (κ3) is 14.9. The van der Waals surface area contributed by atoms with Gasteiger partial charge in [-0.25, -0.2) is 0 Å². The molecule has 0 atom stereocenters. The van der Waals surface area contributed by atoms with Crippen molar-refractivity contribution in [3.63, 3.8) is 0 Å². The number of para-hydroxylation sites is 6. The normalized spacial score (nSPS) is 12.0. The standard InChI is InChI=1S/C123H93N6.Ir/c1-121(2,3)88-64-67-124-112(76-88)82-52-61-100(109(73-82)79-46-55-91(56-47-79)127-115-40-22-16-34-103(115)104-35-17-23-41-116(104)127)97-31-13-10-28-94(97)85-70-86(95-29-11-14-32-98(95)101-62-53-83(113-77-89(65-68-125-113)122(4,5)6)74-110(101)80-48-57-92(58-49-80)128-117-42-24-18-36-105(117)106-37-19-25-43-118(106)128)72-87(71-85)96-30-12-15-33-99(96)102-63-54-84(114-78-90(66-69-126-114)123(7,8)9)75-111(102)81-50-59-93(60-51-81)129-119-44-26-20-38-107(119)108-39-21-27-45-120(108)129;/h10-51,55-78H,1-9H3;/q-3;+3. The van der Waals surface area contributed by atoms with Gasteiger partial charge in [0.05, 0.1) is 33.1 Å². The minimum Gasteiger partial charge on any atom is -0.309 e. The first-order valence-corrected chi connectivity index (χ1v) is 44.7. The zero-order valence-electron chi connectivity index (χ0n) is 74.1. The maximum absolute atomic E-state index is 5.09. The van der Waals surface area contributed by atoms with Crippen molar-refractivity contribution in [1.82, 2.24) is 28.7 Å². The predicted molar refractivity (Wildman–Crippen MR) is 541 cm³/mol. The number of nitrogens with zero attached hydrogens (tertiary/aromatic N) is 6. The van der Waals surface area contributed by atoms with Crippen LogP contribution in [0.3, 0.4) is 0 Å². The minimum atomic E-state index is -0.106. The molecule has 0 aliphatic rings. The van der Waals surface area contributed by atoms with E-state index in [-0.39, 0.29) is 36.4 Å². The molecule has 0 saturated heterocycles. The molecule has 0 bridgehead atoms. The molecule has 0 fully saturated rings. The van der Waals surface area contributed by atoms with Crippen LogP contribution >= 0.6 is 0 Å². The van der Waals surface area contributed by atoms with Crippen LogP contribution in [0.15, 0.2) is 401 Å². The quantitative estimate of drug-likeness (QED) is 0.0961. The van der Waals surface area contributed by atoms with Crippen LogP contribution in [0.1, 0.15) is 79.0 Å². The van der Waals surface area contributed by atoms with Gasteiger partial charge in [0.2, 0.25) is 0 Å². The monoisotopic (exact) mass is 1850 g/mol. The molecule has 0 aliphatic heterocycles. The van der Waals surface area contributed by atoms with Gasteiger partial charge in [-0.15, -0.1) is 71.3 Å². The van der Waals surface area contributed by atoms with Crippen molar-refractivity contribution in [3.05, 3.63) is 436 Å². The van der Waals surface area contributed by atoms with E-state index in [2.05, 4.69) is 476 Å². The maximum Gasteiger partial charge on any atom is 3.00 e. The van der Waals surface area contributed by atoms with E-state index in [0.29, 0.717) is 0 Å². The Bertz CT molecular complexity index is 7230. The van der Waals surface area contributed by atoms with Crippen molar-refractivity contribution < 1.29 is 20.1 Å². The van der Waals surface area contributed by atoms with Crippen molar-refractivity contribution in [2.75, 3.05) is 0 Å². The van der Waals surface area contributed by atoms with Crippen LogP contribution in [0.4, 0.5) is 0 Å². The van der Waals surface area contributed by atoms with Crippen LogP contribution in [0.2, 0.25) is 0 Å². The molecule has 0 unspecified atom stereocenters. The third-order valence-corrected chi connectivity index (χ3v) is 26.1. The summed E-state index contributed by atoms with van der Waals surface area (Å²) < 4.78 is 7.18. The van der Waals surface area contributed by atoms with E-state index in [0.717, 1.165) is 184 Å².